The number of hydrogen-bond acceptors (Lipinski definition) is 3. The second kappa shape index (κ2) is 6.32. The Morgan fingerprint density at radius 2 is 2.05 bits per heavy atom. The zero-order valence-electron chi connectivity index (χ0n) is 12.4. The van der Waals surface area contributed by atoms with Crippen LogP contribution in [0.5, 0.6) is 0 Å². The summed E-state index contributed by atoms with van der Waals surface area (Å²) >= 11 is 1.63. The van der Waals surface area contributed by atoms with Crippen molar-refractivity contribution >= 4 is 28.8 Å². The number of thiophene rings is 1. The molecule has 4 nitrogen and oxygen atoms in total. The topological polar surface area (TPSA) is 49.4 Å². The summed E-state index contributed by atoms with van der Waals surface area (Å²) in [4.78, 5) is 26.9. The Balaban J connectivity index is 1.67. The maximum absolute atomic E-state index is 12.3. The first-order valence-corrected chi connectivity index (χ1v) is 8.28. The van der Waals surface area contributed by atoms with E-state index in [1.54, 1.807) is 28.4 Å². The van der Waals surface area contributed by atoms with Gasteiger partial charge in [-0.25, -0.2) is 0 Å². The minimum Gasteiger partial charge on any atom is -0.345 e. The van der Waals surface area contributed by atoms with Gasteiger partial charge in [-0.15, -0.1) is 11.3 Å². The summed E-state index contributed by atoms with van der Waals surface area (Å²) in [6.45, 7) is 2.74. The van der Waals surface area contributed by atoms with Gasteiger partial charge in [0.2, 0.25) is 5.91 Å². The van der Waals surface area contributed by atoms with Gasteiger partial charge >= 0.3 is 0 Å². The van der Waals surface area contributed by atoms with Gasteiger partial charge in [0.1, 0.15) is 0 Å². The summed E-state index contributed by atoms with van der Waals surface area (Å²) < 4.78 is 0. The van der Waals surface area contributed by atoms with Gasteiger partial charge in [0, 0.05) is 29.1 Å². The molecule has 2 heterocycles. The van der Waals surface area contributed by atoms with Gasteiger partial charge in [-0.1, -0.05) is 6.07 Å². The Labute approximate surface area is 133 Å². The van der Waals surface area contributed by atoms with Crippen molar-refractivity contribution in [1.82, 2.24) is 5.32 Å². The SMILES string of the molecule is CC(NC(=O)c1ccc(N2CCCC2=O)cc1)c1cccs1. The molecule has 1 atom stereocenters. The van der Waals surface area contributed by atoms with Crippen LogP contribution in [0.4, 0.5) is 5.69 Å². The number of benzene rings is 1. The molecule has 1 aliphatic heterocycles. The molecule has 0 radical (unpaired) electrons. The van der Waals surface area contributed by atoms with Gasteiger partial charge in [0.15, 0.2) is 0 Å². The summed E-state index contributed by atoms with van der Waals surface area (Å²) in [5.74, 6) is 0.0590. The minimum atomic E-state index is -0.0970. The Hall–Kier alpha value is -2.14. The third kappa shape index (κ3) is 3.04. The molecule has 1 aliphatic rings. The molecule has 1 saturated heterocycles. The fraction of sp³-hybridized carbons (Fsp3) is 0.294. The summed E-state index contributed by atoms with van der Waals surface area (Å²) in [5.41, 5.74) is 1.48. The Kier molecular flexibility index (Phi) is 4.24. The molecule has 3 rings (SSSR count). The van der Waals surface area contributed by atoms with Gasteiger partial charge < -0.3 is 10.2 Å². The zero-order valence-corrected chi connectivity index (χ0v) is 13.2. The molecule has 1 aromatic carbocycles. The molecule has 1 aromatic heterocycles. The Morgan fingerprint density at radius 3 is 2.64 bits per heavy atom. The molecule has 0 aliphatic carbocycles. The van der Waals surface area contributed by atoms with Crippen molar-refractivity contribution in [3.63, 3.8) is 0 Å². The lowest BCUT2D eigenvalue weighted by Gasteiger charge is -2.16. The Bertz CT molecular complexity index is 664. The molecule has 2 aromatic rings. The van der Waals surface area contributed by atoms with Crippen LogP contribution < -0.4 is 10.2 Å². The standard InChI is InChI=1S/C17H18N2O2S/c1-12(15-4-3-11-22-15)18-17(21)13-6-8-14(9-7-13)19-10-2-5-16(19)20/h3-4,6-9,11-12H,2,5,10H2,1H3,(H,18,21). The van der Waals surface area contributed by atoms with Gasteiger partial charge in [-0.2, -0.15) is 0 Å². The highest BCUT2D eigenvalue weighted by Crippen LogP contribution is 2.22. The number of amides is 2. The number of carbonyl (C=O) groups excluding carboxylic acids is 2. The van der Waals surface area contributed by atoms with Crippen molar-refractivity contribution in [2.24, 2.45) is 0 Å². The van der Waals surface area contributed by atoms with E-state index < -0.39 is 0 Å². The van der Waals surface area contributed by atoms with E-state index >= 15 is 0 Å². The van der Waals surface area contributed by atoms with E-state index in [4.69, 9.17) is 0 Å². The fourth-order valence-corrected chi connectivity index (χ4v) is 3.34. The molecule has 1 N–H and O–H groups in total. The van der Waals surface area contributed by atoms with Crippen molar-refractivity contribution < 1.29 is 9.59 Å². The lowest BCUT2D eigenvalue weighted by Crippen LogP contribution is -2.26. The van der Waals surface area contributed by atoms with Crippen LogP contribution in [-0.4, -0.2) is 18.4 Å². The van der Waals surface area contributed by atoms with Crippen molar-refractivity contribution in [2.75, 3.05) is 11.4 Å². The van der Waals surface area contributed by atoms with Crippen LogP contribution in [-0.2, 0) is 4.79 Å². The minimum absolute atomic E-state index is 0.00710. The van der Waals surface area contributed by atoms with E-state index in [2.05, 4.69) is 5.32 Å². The molecule has 5 heteroatoms. The van der Waals surface area contributed by atoms with Gasteiger partial charge in [-0.05, 0) is 49.1 Å². The molecule has 0 spiro atoms. The molecule has 0 bridgehead atoms. The van der Waals surface area contributed by atoms with E-state index in [9.17, 15) is 9.59 Å². The van der Waals surface area contributed by atoms with Gasteiger partial charge in [0.05, 0.1) is 6.04 Å². The normalized spacial score (nSPS) is 15.9. The first kappa shape index (κ1) is 14.8. The second-order valence-electron chi connectivity index (χ2n) is 5.41. The highest BCUT2D eigenvalue weighted by atomic mass is 32.1. The van der Waals surface area contributed by atoms with Crippen LogP contribution in [0.25, 0.3) is 0 Å². The first-order chi connectivity index (χ1) is 10.6. The van der Waals surface area contributed by atoms with E-state index in [0.29, 0.717) is 12.0 Å². The van der Waals surface area contributed by atoms with Crippen LogP contribution in [0.3, 0.4) is 0 Å². The number of rotatable bonds is 4. The summed E-state index contributed by atoms with van der Waals surface area (Å²) in [7, 11) is 0. The predicted molar refractivity (Wildman–Crippen MR) is 88.2 cm³/mol. The average Bonchev–Trinajstić information content (AvgIpc) is 3.18. The molecular formula is C17H18N2O2S. The molecule has 2 amide bonds. The van der Waals surface area contributed by atoms with Crippen molar-refractivity contribution in [3.8, 4) is 0 Å². The maximum Gasteiger partial charge on any atom is 0.251 e. The monoisotopic (exact) mass is 314 g/mol. The number of carbonyl (C=O) groups is 2. The van der Waals surface area contributed by atoms with E-state index in [-0.39, 0.29) is 17.9 Å². The van der Waals surface area contributed by atoms with Gasteiger partial charge in [-0.3, -0.25) is 9.59 Å². The number of hydrogen-bond donors (Lipinski definition) is 1. The van der Waals surface area contributed by atoms with Crippen LogP contribution in [0.2, 0.25) is 0 Å². The summed E-state index contributed by atoms with van der Waals surface area (Å²) in [6, 6.07) is 11.2. The molecule has 0 saturated carbocycles. The summed E-state index contributed by atoms with van der Waals surface area (Å²) in [5, 5.41) is 4.99. The van der Waals surface area contributed by atoms with E-state index in [0.717, 1.165) is 23.5 Å². The van der Waals surface area contributed by atoms with E-state index in [1.807, 2.05) is 36.6 Å². The lowest BCUT2D eigenvalue weighted by molar-refractivity contribution is -0.117. The number of nitrogens with one attached hydrogen (secondary N) is 1. The molecular weight excluding hydrogens is 296 g/mol. The quantitative estimate of drug-likeness (QED) is 0.940. The highest BCUT2D eigenvalue weighted by molar-refractivity contribution is 7.10. The molecule has 1 unspecified atom stereocenters. The largest absolute Gasteiger partial charge is 0.345 e. The van der Waals surface area contributed by atoms with Crippen molar-refractivity contribution in [2.45, 2.75) is 25.8 Å². The fourth-order valence-electron chi connectivity index (χ4n) is 2.60. The van der Waals surface area contributed by atoms with Gasteiger partial charge in [0.25, 0.3) is 5.91 Å². The first-order valence-electron chi connectivity index (χ1n) is 7.40. The van der Waals surface area contributed by atoms with Crippen LogP contribution >= 0.6 is 11.3 Å². The third-order valence-corrected chi connectivity index (χ3v) is 4.89. The van der Waals surface area contributed by atoms with Crippen molar-refractivity contribution in [3.05, 3.63) is 52.2 Å². The average molecular weight is 314 g/mol. The molecule has 22 heavy (non-hydrogen) atoms. The Morgan fingerprint density at radius 1 is 1.27 bits per heavy atom. The third-order valence-electron chi connectivity index (χ3n) is 3.83. The molecule has 1 fully saturated rings. The predicted octanol–water partition coefficient (Wildman–Crippen LogP) is 3.37. The van der Waals surface area contributed by atoms with Crippen LogP contribution in [0, 0.1) is 0 Å². The zero-order chi connectivity index (χ0) is 15.5. The maximum atomic E-state index is 12.3. The smallest absolute Gasteiger partial charge is 0.251 e. The van der Waals surface area contributed by atoms with Crippen LogP contribution in [0.1, 0.15) is 41.0 Å². The number of anilines is 1. The van der Waals surface area contributed by atoms with Crippen LogP contribution in [0.15, 0.2) is 41.8 Å². The highest BCUT2D eigenvalue weighted by Gasteiger charge is 2.21. The second-order valence-corrected chi connectivity index (χ2v) is 6.39. The van der Waals surface area contributed by atoms with E-state index in [1.165, 1.54) is 0 Å². The van der Waals surface area contributed by atoms with Crippen molar-refractivity contribution in [1.29, 1.82) is 0 Å². The lowest BCUT2D eigenvalue weighted by atomic mass is 10.1. The summed E-state index contributed by atoms with van der Waals surface area (Å²) in [6.07, 6.45) is 1.51. The number of nitrogens with zero attached hydrogens (tertiary/aromatic N) is 1. The molecule has 114 valence electrons.